The molecule has 0 aromatic heterocycles. The number of amides is 2. The predicted octanol–water partition coefficient (Wildman–Crippen LogP) is 6.72. The summed E-state index contributed by atoms with van der Waals surface area (Å²) in [6.07, 6.45) is 2.13. The second-order valence-corrected chi connectivity index (χ2v) is 13.4. The van der Waals surface area contributed by atoms with E-state index in [1.165, 1.54) is 4.90 Å². The Morgan fingerprint density at radius 2 is 1.46 bits per heavy atom. The number of carbonyl (C=O) groups excluding carboxylic acids is 4. The molecule has 3 aromatic rings. The molecule has 1 N–H and O–H groups in total. The van der Waals surface area contributed by atoms with Gasteiger partial charge in [0.15, 0.2) is 0 Å². The Hall–Kier alpha value is -4.92. The van der Waals surface area contributed by atoms with E-state index in [9.17, 15) is 19.2 Å². The predicted molar refractivity (Wildman–Crippen MR) is 182 cm³/mol. The van der Waals surface area contributed by atoms with E-state index in [0.717, 1.165) is 22.3 Å². The third-order valence-corrected chi connectivity index (χ3v) is 8.83. The minimum Gasteiger partial charge on any atom is -0.460 e. The van der Waals surface area contributed by atoms with Gasteiger partial charge in [-0.2, -0.15) is 0 Å². The molecule has 0 saturated carbocycles. The Bertz CT molecular complexity index is 1620. The van der Waals surface area contributed by atoms with Crippen molar-refractivity contribution in [2.24, 2.45) is 5.92 Å². The van der Waals surface area contributed by atoms with Crippen molar-refractivity contribution in [3.63, 3.8) is 0 Å². The maximum absolute atomic E-state index is 13.7. The number of nitrogens with zero attached hydrogens (tertiary/aromatic N) is 1. The maximum Gasteiger partial charge on any atom is 0.407 e. The highest BCUT2D eigenvalue weighted by atomic mass is 16.6. The van der Waals surface area contributed by atoms with E-state index < -0.39 is 47.7 Å². The van der Waals surface area contributed by atoms with E-state index in [0.29, 0.717) is 5.56 Å². The van der Waals surface area contributed by atoms with Gasteiger partial charge in [0.25, 0.3) is 0 Å². The first kappa shape index (κ1) is 34.4. The van der Waals surface area contributed by atoms with Gasteiger partial charge in [-0.15, -0.1) is 0 Å². The normalized spacial score (nSPS) is 21.6. The largest absolute Gasteiger partial charge is 0.460 e. The van der Waals surface area contributed by atoms with Crippen LogP contribution in [0.2, 0.25) is 0 Å². The van der Waals surface area contributed by atoms with Crippen LogP contribution in [0.3, 0.4) is 0 Å². The lowest BCUT2D eigenvalue weighted by Crippen LogP contribution is -2.47. The molecule has 3 aromatic carbocycles. The van der Waals surface area contributed by atoms with Crippen molar-refractivity contribution < 1.29 is 33.4 Å². The van der Waals surface area contributed by atoms with Crippen molar-refractivity contribution in [3.05, 3.63) is 108 Å². The lowest BCUT2D eigenvalue weighted by atomic mass is 9.95. The second kappa shape index (κ2) is 14.9. The summed E-state index contributed by atoms with van der Waals surface area (Å²) in [5.74, 6) is -2.21. The van der Waals surface area contributed by atoms with E-state index >= 15 is 0 Å². The lowest BCUT2D eigenvalue weighted by molar-refractivity contribution is -0.161. The number of fused-ring (bicyclic) bond motifs is 3. The molecule has 0 radical (unpaired) electrons. The topological polar surface area (TPSA) is 111 Å². The summed E-state index contributed by atoms with van der Waals surface area (Å²) in [6, 6.07) is 23.6. The molecule has 2 amide bonds. The molecule has 2 aliphatic rings. The van der Waals surface area contributed by atoms with Gasteiger partial charge in [0, 0.05) is 13.0 Å². The van der Waals surface area contributed by atoms with Gasteiger partial charge >= 0.3 is 18.0 Å². The molecule has 48 heavy (non-hydrogen) atoms. The number of alkyl carbamates (subject to hydrolysis) is 1. The van der Waals surface area contributed by atoms with Crippen molar-refractivity contribution >= 4 is 23.9 Å². The van der Waals surface area contributed by atoms with Crippen LogP contribution >= 0.6 is 0 Å². The van der Waals surface area contributed by atoms with Crippen LogP contribution in [0.1, 0.15) is 75.7 Å². The van der Waals surface area contributed by atoms with E-state index in [1.807, 2.05) is 66.7 Å². The highest BCUT2D eigenvalue weighted by Gasteiger charge is 2.36. The first-order valence-corrected chi connectivity index (χ1v) is 16.4. The summed E-state index contributed by atoms with van der Waals surface area (Å²) in [5.41, 5.74) is 4.40. The third kappa shape index (κ3) is 8.13. The molecule has 1 heterocycles. The van der Waals surface area contributed by atoms with Crippen LogP contribution < -0.4 is 5.32 Å². The molecule has 0 bridgehead atoms. The highest BCUT2D eigenvalue weighted by molar-refractivity contribution is 5.85. The molecule has 1 aliphatic heterocycles. The number of benzene rings is 3. The van der Waals surface area contributed by atoms with Gasteiger partial charge in [-0.3, -0.25) is 9.59 Å². The molecular weight excluding hydrogens is 608 g/mol. The highest BCUT2D eigenvalue weighted by Crippen LogP contribution is 2.44. The molecular formula is C39H44N2O7. The first-order valence-electron chi connectivity index (χ1n) is 16.4. The number of allylic oxidation sites excluding steroid dienone is 1. The van der Waals surface area contributed by atoms with Gasteiger partial charge in [0.05, 0.1) is 18.4 Å². The zero-order valence-electron chi connectivity index (χ0n) is 28.2. The van der Waals surface area contributed by atoms with Crippen LogP contribution in [-0.4, -0.2) is 60.2 Å². The number of esters is 2. The zero-order chi connectivity index (χ0) is 34.4. The summed E-state index contributed by atoms with van der Waals surface area (Å²) in [5, 5.41) is 2.73. The number of hydrogen-bond donors (Lipinski definition) is 1. The summed E-state index contributed by atoms with van der Waals surface area (Å²) < 4.78 is 17.3. The smallest absolute Gasteiger partial charge is 0.407 e. The Kier molecular flexibility index (Phi) is 10.7. The zero-order valence-corrected chi connectivity index (χ0v) is 28.2. The Labute approximate surface area is 282 Å². The number of nitrogens with one attached hydrogen (secondary N) is 1. The van der Waals surface area contributed by atoms with Crippen molar-refractivity contribution in [1.82, 2.24) is 10.2 Å². The fraction of sp³-hybridized carbons (Fsp3) is 0.385. The van der Waals surface area contributed by atoms with Gasteiger partial charge in [-0.05, 0) is 68.4 Å². The monoisotopic (exact) mass is 652 g/mol. The third-order valence-electron chi connectivity index (χ3n) is 8.83. The number of likely N-dealkylation sites (N-methyl/N-ethyl adjacent to an activating group) is 1. The van der Waals surface area contributed by atoms with Gasteiger partial charge in [-0.25, -0.2) is 9.59 Å². The maximum atomic E-state index is 13.7. The van der Waals surface area contributed by atoms with Gasteiger partial charge < -0.3 is 24.4 Å². The summed E-state index contributed by atoms with van der Waals surface area (Å²) in [6.45, 7) is 7.24. The molecule has 1 aliphatic carbocycles. The molecule has 4 atom stereocenters. The van der Waals surface area contributed by atoms with E-state index in [-0.39, 0.29) is 37.7 Å². The second-order valence-electron chi connectivity index (χ2n) is 13.4. The summed E-state index contributed by atoms with van der Waals surface area (Å²) >= 11 is 0. The van der Waals surface area contributed by atoms with Crippen molar-refractivity contribution in [3.8, 4) is 11.1 Å². The van der Waals surface area contributed by atoms with Gasteiger partial charge in [0.2, 0.25) is 5.91 Å². The van der Waals surface area contributed by atoms with Gasteiger partial charge in [-0.1, -0.05) is 91.0 Å². The number of cyclic esters (lactones) is 1. The Morgan fingerprint density at radius 3 is 2.08 bits per heavy atom. The molecule has 9 heteroatoms. The van der Waals surface area contributed by atoms with Crippen LogP contribution in [0.15, 0.2) is 91.0 Å². The average molecular weight is 653 g/mol. The van der Waals surface area contributed by atoms with Crippen LogP contribution in [0.25, 0.3) is 11.1 Å². The van der Waals surface area contributed by atoms with E-state index in [4.69, 9.17) is 14.2 Å². The number of carbonyl (C=O) groups is 4. The Morgan fingerprint density at radius 1 is 0.875 bits per heavy atom. The minimum atomic E-state index is -1.06. The molecule has 5 rings (SSSR count). The van der Waals surface area contributed by atoms with Gasteiger partial charge in [0.1, 0.15) is 24.4 Å². The van der Waals surface area contributed by atoms with E-state index in [1.54, 1.807) is 46.9 Å². The molecule has 0 unspecified atom stereocenters. The minimum absolute atomic E-state index is 0.0976. The van der Waals surface area contributed by atoms with Crippen LogP contribution in [-0.2, 0) is 28.6 Å². The van der Waals surface area contributed by atoms with Crippen LogP contribution in [0, 0.1) is 5.92 Å². The van der Waals surface area contributed by atoms with Crippen molar-refractivity contribution in [2.45, 2.75) is 76.7 Å². The van der Waals surface area contributed by atoms with Crippen LogP contribution in [0.5, 0.6) is 0 Å². The molecule has 0 saturated heterocycles. The molecule has 0 fully saturated rings. The fourth-order valence-electron chi connectivity index (χ4n) is 6.33. The number of ether oxygens (including phenoxy) is 3. The van der Waals surface area contributed by atoms with Crippen molar-refractivity contribution in [1.29, 1.82) is 0 Å². The number of hydrogen-bond acceptors (Lipinski definition) is 7. The standard InChI is InChI=1S/C39H44N2O7/c1-25-35(26-15-7-6-8-16-26)47-37(44)33(22-14-9-17-27(36(43)41(25)5)23-34(42)48-39(2,3)4)40-38(45)46-24-32-30-20-12-10-18-28(30)29-19-11-13-21-31(29)32/h6-16,18-21,25,27,32-33,35H,17,22-24H2,1-5H3,(H,40,45)/t25-,27-,33-,35-/m0/s1. The fourth-order valence-corrected chi connectivity index (χ4v) is 6.33. The molecule has 252 valence electrons. The SMILES string of the molecule is C[C@H]1[C@@H](c2ccccc2)OC(=O)[C@@H](NC(=O)OCC2c3ccccc3-c3ccccc32)CC=CC[C@@H](CC(=O)OC(C)(C)C)C(=O)N1C. The Balaban J connectivity index is 1.35. The molecule has 9 nitrogen and oxygen atoms in total. The molecule has 0 spiro atoms. The van der Waals surface area contributed by atoms with Crippen LogP contribution in [0.4, 0.5) is 4.79 Å². The average Bonchev–Trinajstić information content (AvgIpc) is 3.38. The lowest BCUT2D eigenvalue weighted by Gasteiger charge is -2.35. The first-order chi connectivity index (χ1) is 22.9. The summed E-state index contributed by atoms with van der Waals surface area (Å²) in [7, 11) is 1.64. The van der Waals surface area contributed by atoms with Crippen molar-refractivity contribution in [2.75, 3.05) is 13.7 Å². The number of rotatable bonds is 6. The quantitative estimate of drug-likeness (QED) is 0.179. The van der Waals surface area contributed by atoms with E-state index in [2.05, 4.69) is 17.4 Å². The summed E-state index contributed by atoms with van der Waals surface area (Å²) in [4.78, 5) is 55.0.